The molecule has 0 atom stereocenters. The van der Waals surface area contributed by atoms with Crippen LogP contribution in [0.15, 0.2) is 30.3 Å². The number of fused-ring (bicyclic) bond motifs is 1. The maximum atomic E-state index is 12.1. The van der Waals surface area contributed by atoms with E-state index in [4.69, 9.17) is 10.5 Å². The van der Waals surface area contributed by atoms with Gasteiger partial charge in [-0.05, 0) is 24.5 Å². The van der Waals surface area contributed by atoms with Gasteiger partial charge in [-0.2, -0.15) is 0 Å². The molecule has 0 radical (unpaired) electrons. The molecule has 23 heavy (non-hydrogen) atoms. The Kier molecular flexibility index (Phi) is 6.04. The predicted molar refractivity (Wildman–Crippen MR) is 96.2 cm³/mol. The molecule has 3 rings (SSSR count). The summed E-state index contributed by atoms with van der Waals surface area (Å²) >= 11 is 1.52. The topological polar surface area (TPSA) is 55.6 Å². The lowest BCUT2D eigenvalue weighted by atomic mass is 10.0. The number of nitrogen functional groups attached to an aromatic ring is 1. The highest BCUT2D eigenvalue weighted by Crippen LogP contribution is 2.35. The van der Waals surface area contributed by atoms with E-state index in [9.17, 15) is 4.79 Å². The molecule has 0 fully saturated rings. The molecule has 2 N–H and O–H groups in total. The Morgan fingerprint density at radius 1 is 1.35 bits per heavy atom. The Hall–Kier alpha value is -1.56. The molecule has 1 aliphatic heterocycles. The molecule has 1 aromatic heterocycles. The van der Waals surface area contributed by atoms with Gasteiger partial charge in [-0.3, -0.25) is 4.90 Å². The van der Waals surface area contributed by atoms with Crippen molar-refractivity contribution in [3.8, 4) is 0 Å². The highest BCUT2D eigenvalue weighted by atomic mass is 35.5. The number of thiophene rings is 1. The summed E-state index contributed by atoms with van der Waals surface area (Å²) in [6.45, 7) is 4.90. The summed E-state index contributed by atoms with van der Waals surface area (Å²) in [6, 6.07) is 10.4. The Morgan fingerprint density at radius 3 is 2.78 bits per heavy atom. The molecular formula is C17H21ClN2O2S. The molecule has 0 aliphatic carbocycles. The minimum atomic E-state index is -0.283. The molecule has 4 nitrogen and oxygen atoms in total. The number of nitrogens with zero attached hydrogens (tertiary/aromatic N) is 1. The van der Waals surface area contributed by atoms with Crippen molar-refractivity contribution in [2.24, 2.45) is 0 Å². The van der Waals surface area contributed by atoms with Crippen molar-refractivity contribution < 1.29 is 9.53 Å². The van der Waals surface area contributed by atoms with Gasteiger partial charge in [-0.25, -0.2) is 4.79 Å². The number of hydrogen-bond donors (Lipinski definition) is 1. The summed E-state index contributed by atoms with van der Waals surface area (Å²) in [5.41, 5.74) is 9.04. The van der Waals surface area contributed by atoms with Gasteiger partial charge in [0.1, 0.15) is 5.00 Å². The summed E-state index contributed by atoms with van der Waals surface area (Å²) in [4.78, 5) is 15.7. The molecule has 2 aromatic rings. The second kappa shape index (κ2) is 7.81. The molecule has 0 bridgehead atoms. The van der Waals surface area contributed by atoms with Gasteiger partial charge in [0, 0.05) is 24.5 Å². The predicted octanol–water partition coefficient (Wildman–Crippen LogP) is 3.49. The zero-order valence-corrected chi connectivity index (χ0v) is 14.7. The lowest BCUT2D eigenvalue weighted by Gasteiger charge is -2.27. The number of benzene rings is 1. The lowest BCUT2D eigenvalue weighted by molar-refractivity contribution is 0.0526. The maximum absolute atomic E-state index is 12.1. The van der Waals surface area contributed by atoms with Gasteiger partial charge in [0.05, 0.1) is 12.2 Å². The van der Waals surface area contributed by atoms with Gasteiger partial charge in [0.25, 0.3) is 0 Å². The third-order valence-corrected chi connectivity index (χ3v) is 4.94. The van der Waals surface area contributed by atoms with Gasteiger partial charge in [0.15, 0.2) is 0 Å². The van der Waals surface area contributed by atoms with Crippen molar-refractivity contribution in [1.82, 2.24) is 4.90 Å². The minimum absolute atomic E-state index is 0. The largest absolute Gasteiger partial charge is 0.462 e. The van der Waals surface area contributed by atoms with Gasteiger partial charge in [0.2, 0.25) is 0 Å². The monoisotopic (exact) mass is 352 g/mol. The fraction of sp³-hybridized carbons (Fsp3) is 0.353. The Labute approximate surface area is 146 Å². The molecule has 0 unspecified atom stereocenters. The van der Waals surface area contributed by atoms with E-state index >= 15 is 0 Å². The Morgan fingerprint density at radius 2 is 2.09 bits per heavy atom. The van der Waals surface area contributed by atoms with Crippen LogP contribution < -0.4 is 5.73 Å². The fourth-order valence-corrected chi connectivity index (χ4v) is 4.03. The van der Waals surface area contributed by atoms with Crippen LogP contribution in [0, 0.1) is 0 Å². The van der Waals surface area contributed by atoms with Crippen molar-refractivity contribution >= 4 is 34.7 Å². The van der Waals surface area contributed by atoms with Crippen LogP contribution in [0.2, 0.25) is 0 Å². The average molecular weight is 353 g/mol. The van der Waals surface area contributed by atoms with E-state index in [0.717, 1.165) is 31.6 Å². The summed E-state index contributed by atoms with van der Waals surface area (Å²) in [6.07, 6.45) is 0.851. The van der Waals surface area contributed by atoms with Crippen molar-refractivity contribution in [3.63, 3.8) is 0 Å². The van der Waals surface area contributed by atoms with Gasteiger partial charge in [-0.15, -0.1) is 23.7 Å². The summed E-state index contributed by atoms with van der Waals surface area (Å²) in [5, 5.41) is 0.588. The molecule has 0 spiro atoms. The first kappa shape index (κ1) is 17.8. The third kappa shape index (κ3) is 3.86. The van der Waals surface area contributed by atoms with Crippen LogP contribution in [-0.4, -0.2) is 24.0 Å². The number of anilines is 1. The molecule has 0 saturated heterocycles. The normalized spacial score (nSPS) is 14.0. The SMILES string of the molecule is CCOC(=O)c1c(N)sc2c1CCN(Cc1ccccc1)C2.Cl. The Balaban J connectivity index is 0.00000192. The summed E-state index contributed by atoms with van der Waals surface area (Å²) in [7, 11) is 0. The van der Waals surface area contributed by atoms with Crippen LogP contribution in [0.5, 0.6) is 0 Å². The lowest BCUT2D eigenvalue weighted by Crippen LogP contribution is -2.29. The number of carbonyl (C=O) groups is 1. The van der Waals surface area contributed by atoms with Crippen molar-refractivity contribution in [3.05, 3.63) is 51.9 Å². The van der Waals surface area contributed by atoms with Crippen LogP contribution in [0.3, 0.4) is 0 Å². The first-order chi connectivity index (χ1) is 10.7. The van der Waals surface area contributed by atoms with Gasteiger partial charge in [-0.1, -0.05) is 30.3 Å². The van der Waals surface area contributed by atoms with E-state index in [-0.39, 0.29) is 18.4 Å². The highest BCUT2D eigenvalue weighted by molar-refractivity contribution is 7.16. The number of hydrogen-bond acceptors (Lipinski definition) is 5. The van der Waals surface area contributed by atoms with Crippen LogP contribution >= 0.6 is 23.7 Å². The smallest absolute Gasteiger partial charge is 0.341 e. The molecule has 1 aromatic carbocycles. The van der Waals surface area contributed by atoms with E-state index in [1.165, 1.54) is 21.8 Å². The number of halogens is 1. The average Bonchev–Trinajstić information content (AvgIpc) is 2.83. The molecule has 124 valence electrons. The van der Waals surface area contributed by atoms with Gasteiger partial charge >= 0.3 is 5.97 Å². The van der Waals surface area contributed by atoms with E-state index in [1.807, 2.05) is 13.0 Å². The number of carbonyl (C=O) groups excluding carboxylic acids is 1. The quantitative estimate of drug-likeness (QED) is 0.856. The molecule has 0 saturated carbocycles. The number of rotatable bonds is 4. The van der Waals surface area contributed by atoms with E-state index < -0.39 is 0 Å². The van der Waals surface area contributed by atoms with Crippen molar-refractivity contribution in [1.29, 1.82) is 0 Å². The van der Waals surface area contributed by atoms with Crippen LogP contribution in [0.25, 0.3) is 0 Å². The third-order valence-electron chi connectivity index (χ3n) is 3.89. The zero-order chi connectivity index (χ0) is 15.5. The molecule has 1 aliphatic rings. The standard InChI is InChI=1S/C17H20N2O2S.ClH/c1-2-21-17(20)15-13-8-9-19(11-14(13)22-16(15)18)10-12-6-4-3-5-7-12;/h3-7H,2,8-11,18H2,1H3;1H. The molecule has 2 heterocycles. The molecule has 6 heteroatoms. The summed E-state index contributed by atoms with van der Waals surface area (Å²) < 4.78 is 5.13. The van der Waals surface area contributed by atoms with Crippen molar-refractivity contribution in [2.75, 3.05) is 18.9 Å². The number of esters is 1. The summed E-state index contributed by atoms with van der Waals surface area (Å²) in [5.74, 6) is -0.283. The van der Waals surface area contributed by atoms with Gasteiger partial charge < -0.3 is 10.5 Å². The second-order valence-electron chi connectivity index (χ2n) is 5.41. The number of ether oxygens (including phenoxy) is 1. The first-order valence-electron chi connectivity index (χ1n) is 7.52. The fourth-order valence-electron chi connectivity index (χ4n) is 2.88. The van der Waals surface area contributed by atoms with E-state index in [1.54, 1.807) is 0 Å². The second-order valence-corrected chi connectivity index (χ2v) is 6.55. The molecular weight excluding hydrogens is 332 g/mol. The first-order valence-corrected chi connectivity index (χ1v) is 8.34. The van der Waals surface area contributed by atoms with Crippen LogP contribution in [-0.2, 0) is 24.2 Å². The Bertz CT molecular complexity index is 673. The van der Waals surface area contributed by atoms with E-state index in [2.05, 4.69) is 29.2 Å². The molecule has 0 amide bonds. The maximum Gasteiger partial charge on any atom is 0.341 e. The van der Waals surface area contributed by atoms with Crippen molar-refractivity contribution in [2.45, 2.75) is 26.4 Å². The van der Waals surface area contributed by atoms with Crippen LogP contribution in [0.4, 0.5) is 5.00 Å². The minimum Gasteiger partial charge on any atom is -0.462 e. The number of nitrogens with two attached hydrogens (primary N) is 1. The zero-order valence-electron chi connectivity index (χ0n) is 13.1. The van der Waals surface area contributed by atoms with E-state index in [0.29, 0.717) is 17.2 Å². The highest BCUT2D eigenvalue weighted by Gasteiger charge is 2.27. The van der Waals surface area contributed by atoms with Crippen LogP contribution in [0.1, 0.15) is 33.3 Å².